The Hall–Kier alpha value is -0.363. The molecule has 1 aromatic heterocycles. The molecule has 5 heteroatoms. The van der Waals surface area contributed by atoms with Gasteiger partial charge in [-0.3, -0.25) is 0 Å². The second-order valence-corrected chi connectivity index (χ2v) is 15.1. The highest BCUT2D eigenvalue weighted by Gasteiger charge is 2.42. The van der Waals surface area contributed by atoms with Gasteiger partial charge in [0.05, 0.1) is 16.3 Å². The molecule has 0 amide bonds. The van der Waals surface area contributed by atoms with Gasteiger partial charge in [-0.2, -0.15) is 0 Å². The zero-order valence-electron chi connectivity index (χ0n) is 14.8. The minimum Gasteiger partial charge on any atom is -0.413 e. The molecule has 0 saturated heterocycles. The first-order chi connectivity index (χ1) is 10.8. The fourth-order valence-electron chi connectivity index (χ4n) is 2.36. The molecule has 0 bridgehead atoms. The van der Waals surface area contributed by atoms with E-state index in [9.17, 15) is 0 Å². The quantitative estimate of drug-likeness (QED) is 0.450. The van der Waals surface area contributed by atoms with Crippen molar-refractivity contribution >= 4 is 41.6 Å². The average molecular weight is 366 g/mol. The van der Waals surface area contributed by atoms with Gasteiger partial charge in [-0.15, -0.1) is 11.3 Å². The van der Waals surface area contributed by atoms with Crippen LogP contribution in [0.1, 0.15) is 33.6 Å². The molecule has 0 N–H and O–H groups in total. The third kappa shape index (κ3) is 4.19. The number of thiazole rings is 1. The first-order valence-corrected chi connectivity index (χ1v) is 13.1. The van der Waals surface area contributed by atoms with Crippen molar-refractivity contribution in [2.75, 3.05) is 5.75 Å². The second-order valence-electron chi connectivity index (χ2n) is 8.01. The van der Waals surface area contributed by atoms with Crippen molar-refractivity contribution in [3.05, 3.63) is 24.3 Å². The van der Waals surface area contributed by atoms with E-state index in [4.69, 9.17) is 9.41 Å². The number of hydrogen-bond acceptors (Lipinski definition) is 4. The lowest BCUT2D eigenvalue weighted by Gasteiger charge is -2.39. The van der Waals surface area contributed by atoms with E-state index in [1.165, 1.54) is 21.9 Å². The minimum atomic E-state index is -1.69. The van der Waals surface area contributed by atoms with Crippen molar-refractivity contribution in [2.24, 2.45) is 5.92 Å². The summed E-state index contributed by atoms with van der Waals surface area (Å²) in [5.41, 5.74) is 1.12. The van der Waals surface area contributed by atoms with Crippen LogP contribution in [0.2, 0.25) is 18.1 Å². The number of aromatic nitrogens is 1. The highest BCUT2D eigenvalue weighted by atomic mass is 32.2. The Morgan fingerprint density at radius 2 is 2.00 bits per heavy atom. The van der Waals surface area contributed by atoms with Gasteiger partial charge in [-0.05, 0) is 49.0 Å². The molecule has 126 valence electrons. The summed E-state index contributed by atoms with van der Waals surface area (Å²) in [7, 11) is -1.69. The number of thioether (sulfide) groups is 1. The van der Waals surface area contributed by atoms with Crippen molar-refractivity contribution < 1.29 is 4.43 Å². The lowest BCUT2D eigenvalue weighted by atomic mass is 10.2. The predicted molar refractivity (Wildman–Crippen MR) is 105 cm³/mol. The molecule has 3 rings (SSSR count). The fraction of sp³-hybridized carbons (Fsp3) is 0.611. The zero-order chi connectivity index (χ0) is 16.7. The van der Waals surface area contributed by atoms with E-state index in [1.807, 2.05) is 11.8 Å². The van der Waals surface area contributed by atoms with Crippen LogP contribution in [-0.2, 0) is 4.43 Å². The first-order valence-electron chi connectivity index (χ1n) is 8.42. The van der Waals surface area contributed by atoms with Gasteiger partial charge in [-0.25, -0.2) is 4.98 Å². The zero-order valence-corrected chi connectivity index (χ0v) is 17.4. The molecule has 0 spiro atoms. The van der Waals surface area contributed by atoms with Crippen LogP contribution in [0.5, 0.6) is 0 Å². The lowest BCUT2D eigenvalue weighted by Crippen LogP contribution is -2.45. The standard InChI is InChI=1S/C18H27NOS2Si/c1-18(2,3)23(4,5)20-15(13-10-11-13)12-21-17-19-14-8-6-7-9-16(14)22-17/h6-9,13,15H,10-12H2,1-5H3/t15-/m1/s1. The van der Waals surface area contributed by atoms with Crippen LogP contribution >= 0.6 is 23.1 Å². The Morgan fingerprint density at radius 3 is 2.61 bits per heavy atom. The van der Waals surface area contributed by atoms with E-state index in [0.717, 1.165) is 17.2 Å². The Morgan fingerprint density at radius 1 is 1.30 bits per heavy atom. The van der Waals surface area contributed by atoms with Crippen LogP contribution in [0.25, 0.3) is 10.2 Å². The van der Waals surface area contributed by atoms with Crippen LogP contribution in [0.3, 0.4) is 0 Å². The van der Waals surface area contributed by atoms with Crippen LogP contribution in [-0.4, -0.2) is 25.2 Å². The number of para-hydroxylation sites is 1. The molecule has 23 heavy (non-hydrogen) atoms. The maximum atomic E-state index is 6.72. The fourth-order valence-corrected chi connectivity index (χ4v) is 6.08. The monoisotopic (exact) mass is 365 g/mol. The van der Waals surface area contributed by atoms with E-state index in [0.29, 0.717) is 6.10 Å². The van der Waals surface area contributed by atoms with E-state index in [-0.39, 0.29) is 5.04 Å². The summed E-state index contributed by atoms with van der Waals surface area (Å²) in [6, 6.07) is 8.40. The van der Waals surface area contributed by atoms with Gasteiger partial charge in [0, 0.05) is 5.75 Å². The van der Waals surface area contributed by atoms with E-state index in [2.05, 4.69) is 58.1 Å². The molecular weight excluding hydrogens is 338 g/mol. The number of hydrogen-bond donors (Lipinski definition) is 0. The van der Waals surface area contributed by atoms with Gasteiger partial charge in [-0.1, -0.05) is 44.7 Å². The first kappa shape index (κ1) is 17.5. The molecule has 2 aromatic rings. The number of rotatable bonds is 6. The lowest BCUT2D eigenvalue weighted by molar-refractivity contribution is 0.181. The Labute approximate surface area is 149 Å². The Kier molecular flexibility index (Phi) is 4.94. The highest BCUT2D eigenvalue weighted by Crippen LogP contribution is 2.43. The Bertz CT molecular complexity index is 640. The molecule has 1 heterocycles. The van der Waals surface area contributed by atoms with E-state index >= 15 is 0 Å². The van der Waals surface area contributed by atoms with E-state index < -0.39 is 8.32 Å². The summed E-state index contributed by atoms with van der Waals surface area (Å²) in [6.45, 7) is 11.7. The van der Waals surface area contributed by atoms with Gasteiger partial charge in [0.1, 0.15) is 0 Å². The van der Waals surface area contributed by atoms with Crippen molar-refractivity contribution in [3.63, 3.8) is 0 Å². The molecule has 1 aliphatic carbocycles. The van der Waals surface area contributed by atoms with Gasteiger partial charge in [0.2, 0.25) is 0 Å². The van der Waals surface area contributed by atoms with Gasteiger partial charge >= 0.3 is 0 Å². The molecule has 1 aliphatic rings. The molecule has 1 fully saturated rings. The smallest absolute Gasteiger partial charge is 0.192 e. The molecule has 1 aromatic carbocycles. The normalized spacial score (nSPS) is 17.6. The highest BCUT2D eigenvalue weighted by molar-refractivity contribution is 8.01. The van der Waals surface area contributed by atoms with Crippen molar-refractivity contribution in [3.8, 4) is 0 Å². The van der Waals surface area contributed by atoms with E-state index in [1.54, 1.807) is 11.3 Å². The van der Waals surface area contributed by atoms with Crippen molar-refractivity contribution in [1.29, 1.82) is 0 Å². The van der Waals surface area contributed by atoms with Crippen LogP contribution in [0, 0.1) is 5.92 Å². The largest absolute Gasteiger partial charge is 0.413 e. The van der Waals surface area contributed by atoms with Crippen LogP contribution in [0.4, 0.5) is 0 Å². The molecule has 1 saturated carbocycles. The summed E-state index contributed by atoms with van der Waals surface area (Å²) in [5.74, 6) is 1.81. The summed E-state index contributed by atoms with van der Waals surface area (Å²) in [5, 5.41) is 0.278. The SMILES string of the molecule is CC(C)(C)[Si](C)(C)O[C@H](CSc1nc2ccccc2s1)C1CC1. The topological polar surface area (TPSA) is 22.1 Å². The summed E-state index contributed by atoms with van der Waals surface area (Å²) in [4.78, 5) is 4.75. The van der Waals surface area contributed by atoms with Crippen LogP contribution < -0.4 is 0 Å². The molecule has 0 unspecified atom stereocenters. The van der Waals surface area contributed by atoms with Crippen molar-refractivity contribution in [2.45, 2.75) is 62.2 Å². The second kappa shape index (κ2) is 6.51. The van der Waals surface area contributed by atoms with Crippen molar-refractivity contribution in [1.82, 2.24) is 4.98 Å². The molecule has 0 aliphatic heterocycles. The third-order valence-electron chi connectivity index (χ3n) is 5.05. The van der Waals surface area contributed by atoms with Crippen LogP contribution in [0.15, 0.2) is 28.6 Å². The molecule has 1 atom stereocenters. The predicted octanol–water partition coefficient (Wildman–Crippen LogP) is 6.19. The van der Waals surface area contributed by atoms with Gasteiger partial charge in [0.25, 0.3) is 0 Å². The summed E-state index contributed by atoms with van der Waals surface area (Å²) < 4.78 is 9.17. The molecule has 0 radical (unpaired) electrons. The Balaban J connectivity index is 1.66. The minimum absolute atomic E-state index is 0.278. The molecular formula is C18H27NOS2Si. The molecule has 2 nitrogen and oxygen atoms in total. The summed E-state index contributed by atoms with van der Waals surface area (Å²) >= 11 is 3.68. The maximum absolute atomic E-state index is 6.72. The summed E-state index contributed by atoms with van der Waals surface area (Å²) in [6.07, 6.45) is 3.06. The number of benzene rings is 1. The number of fused-ring (bicyclic) bond motifs is 1. The third-order valence-corrected chi connectivity index (χ3v) is 11.8. The van der Waals surface area contributed by atoms with Gasteiger partial charge in [0.15, 0.2) is 12.7 Å². The van der Waals surface area contributed by atoms with Gasteiger partial charge < -0.3 is 4.43 Å². The average Bonchev–Trinajstić information content (AvgIpc) is 3.21. The number of nitrogens with zero attached hydrogens (tertiary/aromatic N) is 1. The maximum Gasteiger partial charge on any atom is 0.192 e.